The van der Waals surface area contributed by atoms with Crippen LogP contribution < -0.4 is 19.5 Å². The molecule has 0 unspecified atom stereocenters. The summed E-state index contributed by atoms with van der Waals surface area (Å²) in [5.74, 6) is 2.26. The molecular weight excluding hydrogens is 452 g/mol. The number of hydrogen-bond donors (Lipinski definition) is 2. The second kappa shape index (κ2) is 9.50. The van der Waals surface area contributed by atoms with Crippen LogP contribution in [-0.2, 0) is 11.3 Å². The van der Waals surface area contributed by atoms with E-state index in [1.165, 1.54) is 6.42 Å². The SMILES string of the molecule is CCOc1ccc(-c2n[nH]c(=S)n2CCC(=O)Nc2ccc3c(c2)OC2(CCCCC2)O3)cc1. The summed E-state index contributed by atoms with van der Waals surface area (Å²) in [7, 11) is 0. The van der Waals surface area contributed by atoms with E-state index >= 15 is 0 Å². The number of aromatic nitrogens is 3. The van der Waals surface area contributed by atoms with E-state index in [0.29, 0.717) is 35.2 Å². The smallest absolute Gasteiger partial charge is 0.251 e. The maximum absolute atomic E-state index is 12.7. The Bertz CT molecular complexity index is 1230. The topological polar surface area (TPSA) is 90.4 Å². The third-order valence-corrected chi connectivity index (χ3v) is 6.49. The molecule has 0 bridgehead atoms. The van der Waals surface area contributed by atoms with Crippen molar-refractivity contribution in [1.82, 2.24) is 14.8 Å². The average Bonchev–Trinajstić information content (AvgIpc) is 3.38. The Balaban J connectivity index is 1.22. The lowest BCUT2D eigenvalue weighted by Crippen LogP contribution is -2.40. The molecule has 5 rings (SSSR count). The number of H-pyrrole nitrogens is 1. The number of nitrogens with one attached hydrogen (secondary N) is 2. The van der Waals surface area contributed by atoms with Gasteiger partial charge < -0.3 is 19.5 Å². The minimum absolute atomic E-state index is 0.119. The van der Waals surface area contributed by atoms with Crippen molar-refractivity contribution in [3.63, 3.8) is 0 Å². The molecule has 1 spiro atoms. The zero-order chi connectivity index (χ0) is 23.5. The number of nitrogens with zero attached hydrogens (tertiary/aromatic N) is 2. The van der Waals surface area contributed by atoms with Crippen molar-refractivity contribution in [2.24, 2.45) is 0 Å². The summed E-state index contributed by atoms with van der Waals surface area (Å²) in [6.45, 7) is 2.95. The van der Waals surface area contributed by atoms with Crippen LogP contribution in [0.4, 0.5) is 5.69 Å². The largest absolute Gasteiger partial charge is 0.494 e. The van der Waals surface area contributed by atoms with Crippen LogP contribution in [-0.4, -0.2) is 33.1 Å². The van der Waals surface area contributed by atoms with Gasteiger partial charge in [-0.3, -0.25) is 14.5 Å². The molecule has 1 fully saturated rings. The van der Waals surface area contributed by atoms with Gasteiger partial charge in [-0.2, -0.15) is 5.10 Å². The fourth-order valence-electron chi connectivity index (χ4n) is 4.52. The second-order valence-corrected chi connectivity index (χ2v) is 8.98. The molecule has 2 aromatic carbocycles. The van der Waals surface area contributed by atoms with Gasteiger partial charge in [0.25, 0.3) is 5.79 Å². The molecule has 0 saturated heterocycles. The molecule has 0 atom stereocenters. The molecule has 8 nitrogen and oxygen atoms in total. The number of fused-ring (bicyclic) bond motifs is 1. The van der Waals surface area contributed by atoms with Crippen molar-refractivity contribution < 1.29 is 19.0 Å². The van der Waals surface area contributed by atoms with Crippen molar-refractivity contribution in [2.75, 3.05) is 11.9 Å². The van der Waals surface area contributed by atoms with Crippen LogP contribution in [0.5, 0.6) is 17.2 Å². The molecule has 9 heteroatoms. The Hall–Kier alpha value is -3.33. The predicted octanol–water partition coefficient (Wildman–Crippen LogP) is 5.47. The molecule has 2 aliphatic rings. The van der Waals surface area contributed by atoms with E-state index in [1.807, 2.05) is 54.0 Å². The van der Waals surface area contributed by atoms with Gasteiger partial charge in [0.2, 0.25) is 5.91 Å². The van der Waals surface area contributed by atoms with E-state index in [-0.39, 0.29) is 12.3 Å². The zero-order valence-electron chi connectivity index (χ0n) is 19.1. The first-order valence-electron chi connectivity index (χ1n) is 11.8. The van der Waals surface area contributed by atoms with Crippen LogP contribution >= 0.6 is 12.2 Å². The fraction of sp³-hybridized carbons (Fsp3) is 0.400. The lowest BCUT2D eigenvalue weighted by Gasteiger charge is -2.31. The monoisotopic (exact) mass is 480 g/mol. The first-order valence-corrected chi connectivity index (χ1v) is 12.2. The summed E-state index contributed by atoms with van der Waals surface area (Å²) in [5, 5.41) is 10.1. The van der Waals surface area contributed by atoms with Crippen molar-refractivity contribution >= 4 is 23.8 Å². The lowest BCUT2D eigenvalue weighted by molar-refractivity contribution is -0.116. The summed E-state index contributed by atoms with van der Waals surface area (Å²) in [6.07, 6.45) is 5.46. The van der Waals surface area contributed by atoms with Gasteiger partial charge in [-0.15, -0.1) is 0 Å². The fourth-order valence-corrected chi connectivity index (χ4v) is 4.74. The van der Waals surface area contributed by atoms with Gasteiger partial charge in [-0.05, 0) is 68.4 Å². The Morgan fingerprint density at radius 2 is 1.91 bits per heavy atom. The Labute approximate surface area is 203 Å². The van der Waals surface area contributed by atoms with E-state index in [1.54, 1.807) is 0 Å². The highest BCUT2D eigenvalue weighted by molar-refractivity contribution is 7.71. The maximum atomic E-state index is 12.7. The third kappa shape index (κ3) is 4.65. The molecule has 1 amide bonds. The Morgan fingerprint density at radius 1 is 1.15 bits per heavy atom. The van der Waals surface area contributed by atoms with E-state index in [2.05, 4.69) is 15.5 Å². The summed E-state index contributed by atoms with van der Waals surface area (Å²) in [5.41, 5.74) is 1.58. The average molecular weight is 481 g/mol. The van der Waals surface area contributed by atoms with Crippen molar-refractivity contribution in [3.8, 4) is 28.6 Å². The molecule has 1 aliphatic heterocycles. The molecule has 178 valence electrons. The Kier molecular flexibility index (Phi) is 6.28. The van der Waals surface area contributed by atoms with Gasteiger partial charge >= 0.3 is 0 Å². The van der Waals surface area contributed by atoms with E-state index in [9.17, 15) is 4.79 Å². The predicted molar refractivity (Wildman–Crippen MR) is 131 cm³/mol. The zero-order valence-corrected chi connectivity index (χ0v) is 20.0. The first kappa shape index (κ1) is 22.5. The number of amides is 1. The van der Waals surface area contributed by atoms with Gasteiger partial charge in [-0.25, -0.2) is 0 Å². The maximum Gasteiger partial charge on any atom is 0.251 e. The molecule has 0 radical (unpaired) electrons. The number of aromatic amines is 1. The Morgan fingerprint density at radius 3 is 2.68 bits per heavy atom. The summed E-state index contributed by atoms with van der Waals surface area (Å²) in [4.78, 5) is 12.7. The van der Waals surface area contributed by atoms with Gasteiger partial charge in [0.15, 0.2) is 22.1 Å². The first-order chi connectivity index (χ1) is 16.5. The van der Waals surface area contributed by atoms with Gasteiger partial charge in [0.05, 0.1) is 6.61 Å². The van der Waals surface area contributed by atoms with Crippen molar-refractivity contribution in [1.29, 1.82) is 0 Å². The van der Waals surface area contributed by atoms with Crippen LogP contribution in [0.15, 0.2) is 42.5 Å². The van der Waals surface area contributed by atoms with Crippen molar-refractivity contribution in [2.45, 2.75) is 57.8 Å². The molecule has 2 N–H and O–H groups in total. The molecule has 3 aromatic rings. The van der Waals surface area contributed by atoms with Crippen LogP contribution in [0.1, 0.15) is 45.4 Å². The summed E-state index contributed by atoms with van der Waals surface area (Å²) < 4.78 is 20.1. The number of carbonyl (C=O) groups excluding carboxylic acids is 1. The van der Waals surface area contributed by atoms with Crippen LogP contribution in [0, 0.1) is 4.77 Å². The van der Waals surface area contributed by atoms with Crippen LogP contribution in [0.3, 0.4) is 0 Å². The van der Waals surface area contributed by atoms with Crippen LogP contribution in [0.2, 0.25) is 0 Å². The molecular formula is C25H28N4O4S. The number of benzene rings is 2. The number of hydrogen-bond acceptors (Lipinski definition) is 6. The van der Waals surface area contributed by atoms with E-state index in [4.69, 9.17) is 26.4 Å². The molecule has 1 aromatic heterocycles. The van der Waals surface area contributed by atoms with Gasteiger partial charge in [0.1, 0.15) is 5.75 Å². The standard InChI is InChI=1S/C25H28N4O4S/c1-2-31-19-9-6-17(7-10-19)23-27-28-24(34)29(23)15-12-22(30)26-18-8-11-20-21(16-18)33-25(32-20)13-4-3-5-14-25/h6-11,16H,2-5,12-15H2,1H3,(H,26,30)(H,28,34). The van der Waals surface area contributed by atoms with Crippen LogP contribution in [0.25, 0.3) is 11.4 Å². The van der Waals surface area contributed by atoms with E-state index in [0.717, 1.165) is 42.7 Å². The number of carbonyl (C=O) groups is 1. The van der Waals surface area contributed by atoms with Gasteiger partial charge in [0, 0.05) is 43.1 Å². The van der Waals surface area contributed by atoms with Crippen molar-refractivity contribution in [3.05, 3.63) is 47.2 Å². The number of rotatable bonds is 7. The lowest BCUT2D eigenvalue weighted by atomic mass is 9.94. The number of ether oxygens (including phenoxy) is 3. The number of anilines is 1. The normalized spacial score (nSPS) is 15.9. The highest BCUT2D eigenvalue weighted by Gasteiger charge is 2.42. The second-order valence-electron chi connectivity index (χ2n) is 8.60. The van der Waals surface area contributed by atoms with Gasteiger partial charge in [-0.1, -0.05) is 6.42 Å². The highest BCUT2D eigenvalue weighted by atomic mass is 32.1. The molecule has 1 saturated carbocycles. The summed E-state index contributed by atoms with van der Waals surface area (Å²) >= 11 is 5.39. The minimum Gasteiger partial charge on any atom is -0.494 e. The molecule has 1 aliphatic carbocycles. The minimum atomic E-state index is -0.529. The molecule has 34 heavy (non-hydrogen) atoms. The molecule has 2 heterocycles. The highest BCUT2D eigenvalue weighted by Crippen LogP contribution is 2.46. The third-order valence-electron chi connectivity index (χ3n) is 6.18. The summed E-state index contributed by atoms with van der Waals surface area (Å²) in [6, 6.07) is 13.2. The van der Waals surface area contributed by atoms with E-state index < -0.39 is 5.79 Å². The quantitative estimate of drug-likeness (QED) is 0.436.